The first-order valence-corrected chi connectivity index (χ1v) is 10.1. The Labute approximate surface area is 167 Å². The molecule has 1 N–H and O–H groups in total. The predicted molar refractivity (Wildman–Crippen MR) is 112 cm³/mol. The van der Waals surface area contributed by atoms with Crippen molar-refractivity contribution in [3.8, 4) is 11.5 Å². The molecular weight excluding hydrogens is 352 g/mol. The van der Waals surface area contributed by atoms with Crippen LogP contribution in [-0.4, -0.2) is 37.2 Å². The van der Waals surface area contributed by atoms with Crippen LogP contribution in [0.5, 0.6) is 11.5 Å². The van der Waals surface area contributed by atoms with Gasteiger partial charge in [-0.15, -0.1) is 0 Å². The lowest BCUT2D eigenvalue weighted by Gasteiger charge is -2.33. The molecule has 1 fully saturated rings. The normalized spacial score (nSPS) is 15.4. The first-order valence-electron chi connectivity index (χ1n) is 10.1. The standard InChI is InChI=1S/C23H30N2O3/c1-18(2)19-12-14-25(15-13-19)16-17-27-21-8-10-22(11-9-21)28-23(26)24-20-6-4-3-5-7-20/h3-11,18-19H,12-17H2,1-2H3,(H,24,26). The zero-order chi connectivity index (χ0) is 19.8. The Kier molecular flexibility index (Phi) is 7.31. The third-order valence-corrected chi connectivity index (χ3v) is 5.31. The Balaban J connectivity index is 1.37. The lowest BCUT2D eigenvalue weighted by atomic mass is 9.87. The fourth-order valence-corrected chi connectivity index (χ4v) is 3.51. The van der Waals surface area contributed by atoms with E-state index in [1.54, 1.807) is 12.1 Å². The van der Waals surface area contributed by atoms with Gasteiger partial charge in [0.05, 0.1) is 0 Å². The number of nitrogens with one attached hydrogen (secondary N) is 1. The number of carbonyl (C=O) groups is 1. The molecule has 0 aromatic heterocycles. The number of ether oxygens (including phenoxy) is 2. The maximum Gasteiger partial charge on any atom is 0.417 e. The zero-order valence-electron chi connectivity index (χ0n) is 16.8. The maximum absolute atomic E-state index is 11.9. The summed E-state index contributed by atoms with van der Waals surface area (Å²) in [5, 5.41) is 2.69. The fourth-order valence-electron chi connectivity index (χ4n) is 3.51. The van der Waals surface area contributed by atoms with Crippen molar-refractivity contribution in [3.63, 3.8) is 0 Å². The van der Waals surface area contributed by atoms with E-state index in [1.165, 1.54) is 12.8 Å². The molecule has 1 heterocycles. The van der Waals surface area contributed by atoms with Crippen molar-refractivity contribution in [2.75, 3.05) is 31.6 Å². The molecule has 1 amide bonds. The second kappa shape index (κ2) is 10.1. The van der Waals surface area contributed by atoms with Crippen molar-refractivity contribution >= 4 is 11.8 Å². The molecule has 1 saturated heterocycles. The number of hydrogen-bond donors (Lipinski definition) is 1. The van der Waals surface area contributed by atoms with Crippen LogP contribution in [0.3, 0.4) is 0 Å². The molecular formula is C23H30N2O3. The summed E-state index contributed by atoms with van der Waals surface area (Å²) in [4.78, 5) is 14.4. The van der Waals surface area contributed by atoms with Gasteiger partial charge < -0.3 is 9.47 Å². The molecule has 150 valence electrons. The van der Waals surface area contributed by atoms with Crippen LogP contribution in [0.15, 0.2) is 54.6 Å². The van der Waals surface area contributed by atoms with E-state index in [2.05, 4.69) is 24.1 Å². The highest BCUT2D eigenvalue weighted by molar-refractivity contribution is 5.86. The molecule has 0 aliphatic carbocycles. The molecule has 1 aliphatic heterocycles. The topological polar surface area (TPSA) is 50.8 Å². The van der Waals surface area contributed by atoms with Crippen molar-refractivity contribution in [1.29, 1.82) is 0 Å². The van der Waals surface area contributed by atoms with Crippen LogP contribution < -0.4 is 14.8 Å². The van der Waals surface area contributed by atoms with Gasteiger partial charge in [0.2, 0.25) is 0 Å². The molecule has 1 aliphatic rings. The number of likely N-dealkylation sites (tertiary alicyclic amines) is 1. The smallest absolute Gasteiger partial charge is 0.417 e. The number of carbonyl (C=O) groups excluding carboxylic acids is 1. The highest BCUT2D eigenvalue weighted by atomic mass is 16.6. The largest absolute Gasteiger partial charge is 0.492 e. The van der Waals surface area contributed by atoms with Gasteiger partial charge in [-0.05, 0) is 74.2 Å². The van der Waals surface area contributed by atoms with Crippen LogP contribution in [0.2, 0.25) is 0 Å². The van der Waals surface area contributed by atoms with Gasteiger partial charge in [-0.2, -0.15) is 0 Å². The second-order valence-electron chi connectivity index (χ2n) is 7.62. The Hall–Kier alpha value is -2.53. The van der Waals surface area contributed by atoms with Gasteiger partial charge in [-0.1, -0.05) is 32.0 Å². The zero-order valence-corrected chi connectivity index (χ0v) is 16.8. The Bertz CT molecular complexity index is 723. The summed E-state index contributed by atoms with van der Waals surface area (Å²) in [6, 6.07) is 16.4. The van der Waals surface area contributed by atoms with Crippen LogP contribution in [0.1, 0.15) is 26.7 Å². The quantitative estimate of drug-likeness (QED) is 0.728. The van der Waals surface area contributed by atoms with E-state index in [9.17, 15) is 4.79 Å². The van der Waals surface area contributed by atoms with Gasteiger partial charge in [-0.3, -0.25) is 10.2 Å². The SMILES string of the molecule is CC(C)C1CCN(CCOc2ccc(OC(=O)Nc3ccccc3)cc2)CC1. The van der Waals surface area contributed by atoms with Crippen molar-refractivity contribution in [2.45, 2.75) is 26.7 Å². The van der Waals surface area contributed by atoms with Crippen LogP contribution in [0.25, 0.3) is 0 Å². The maximum atomic E-state index is 11.9. The molecule has 3 rings (SSSR count). The highest BCUT2D eigenvalue weighted by Gasteiger charge is 2.21. The van der Waals surface area contributed by atoms with Crippen LogP contribution in [0.4, 0.5) is 10.5 Å². The van der Waals surface area contributed by atoms with Crippen molar-refractivity contribution in [3.05, 3.63) is 54.6 Å². The van der Waals surface area contributed by atoms with Gasteiger partial charge in [-0.25, -0.2) is 4.79 Å². The third-order valence-electron chi connectivity index (χ3n) is 5.31. The van der Waals surface area contributed by atoms with Gasteiger partial charge in [0.15, 0.2) is 0 Å². The summed E-state index contributed by atoms with van der Waals surface area (Å²) >= 11 is 0. The van der Waals surface area contributed by atoms with Crippen LogP contribution in [-0.2, 0) is 0 Å². The number of amides is 1. The van der Waals surface area contributed by atoms with E-state index in [4.69, 9.17) is 9.47 Å². The monoisotopic (exact) mass is 382 g/mol. The summed E-state index contributed by atoms with van der Waals surface area (Å²) < 4.78 is 11.1. The fraction of sp³-hybridized carbons (Fsp3) is 0.435. The summed E-state index contributed by atoms with van der Waals surface area (Å²) in [5.41, 5.74) is 0.699. The van der Waals surface area contributed by atoms with E-state index in [-0.39, 0.29) is 0 Å². The number of piperidine rings is 1. The Morgan fingerprint density at radius 3 is 2.32 bits per heavy atom. The highest BCUT2D eigenvalue weighted by Crippen LogP contribution is 2.24. The first kappa shape index (κ1) is 20.2. The first-order chi connectivity index (χ1) is 13.6. The van der Waals surface area contributed by atoms with Gasteiger partial charge in [0, 0.05) is 12.2 Å². The molecule has 5 heteroatoms. The number of para-hydroxylation sites is 1. The van der Waals surface area contributed by atoms with Crippen LogP contribution in [0, 0.1) is 11.8 Å². The van der Waals surface area contributed by atoms with Gasteiger partial charge >= 0.3 is 6.09 Å². The molecule has 0 radical (unpaired) electrons. The van der Waals surface area contributed by atoms with Gasteiger partial charge in [0.25, 0.3) is 0 Å². The average molecular weight is 383 g/mol. The molecule has 2 aromatic rings. The summed E-state index contributed by atoms with van der Waals surface area (Å²) in [6.45, 7) is 8.58. The van der Waals surface area contributed by atoms with E-state index in [0.29, 0.717) is 18.0 Å². The van der Waals surface area contributed by atoms with Crippen molar-refractivity contribution in [1.82, 2.24) is 4.90 Å². The van der Waals surface area contributed by atoms with Crippen LogP contribution >= 0.6 is 0 Å². The molecule has 0 unspecified atom stereocenters. The third kappa shape index (κ3) is 6.27. The van der Waals surface area contributed by atoms with E-state index >= 15 is 0 Å². The summed E-state index contributed by atoms with van der Waals surface area (Å²) in [5.74, 6) is 2.92. The minimum absolute atomic E-state index is 0.483. The molecule has 0 saturated carbocycles. The number of benzene rings is 2. The van der Waals surface area contributed by atoms with Crippen molar-refractivity contribution in [2.24, 2.45) is 11.8 Å². The number of anilines is 1. The van der Waals surface area contributed by atoms with E-state index in [0.717, 1.165) is 37.2 Å². The average Bonchev–Trinajstić information content (AvgIpc) is 2.70. The summed E-state index contributed by atoms with van der Waals surface area (Å²) in [7, 11) is 0. The molecule has 0 spiro atoms. The number of rotatable bonds is 7. The van der Waals surface area contributed by atoms with E-state index < -0.39 is 6.09 Å². The number of nitrogens with zero attached hydrogens (tertiary/aromatic N) is 1. The minimum atomic E-state index is -0.510. The molecule has 28 heavy (non-hydrogen) atoms. The lowest BCUT2D eigenvalue weighted by Crippen LogP contribution is -2.37. The van der Waals surface area contributed by atoms with Gasteiger partial charge in [0.1, 0.15) is 18.1 Å². The molecule has 0 bridgehead atoms. The molecule has 0 atom stereocenters. The molecule has 2 aromatic carbocycles. The van der Waals surface area contributed by atoms with E-state index in [1.807, 2.05) is 42.5 Å². The van der Waals surface area contributed by atoms with Crippen molar-refractivity contribution < 1.29 is 14.3 Å². The Morgan fingerprint density at radius 1 is 1.04 bits per heavy atom. The number of hydrogen-bond acceptors (Lipinski definition) is 4. The summed E-state index contributed by atoms with van der Waals surface area (Å²) in [6.07, 6.45) is 2.06. The predicted octanol–water partition coefficient (Wildman–Crippen LogP) is 5.04. The Morgan fingerprint density at radius 2 is 1.68 bits per heavy atom. The second-order valence-corrected chi connectivity index (χ2v) is 7.62. The minimum Gasteiger partial charge on any atom is -0.492 e. The molecule has 5 nitrogen and oxygen atoms in total. The lowest BCUT2D eigenvalue weighted by molar-refractivity contribution is 0.136.